The van der Waals surface area contributed by atoms with Gasteiger partial charge in [-0.1, -0.05) is 0 Å². The minimum absolute atomic E-state index is 0.00212. The third-order valence-corrected chi connectivity index (χ3v) is 4.78. The van der Waals surface area contributed by atoms with Gasteiger partial charge in [-0.15, -0.1) is 3.89 Å². The van der Waals surface area contributed by atoms with Crippen LogP contribution in [0.4, 0.5) is 3.89 Å². The zero-order chi connectivity index (χ0) is 13.9. The smallest absolute Gasteiger partial charge is 0.302 e. The van der Waals surface area contributed by atoms with Gasteiger partial charge in [-0.3, -0.25) is 4.79 Å². The van der Waals surface area contributed by atoms with Crippen LogP contribution in [-0.4, -0.2) is 39.3 Å². The maximum atomic E-state index is 12.6. The van der Waals surface area contributed by atoms with E-state index in [1.165, 1.54) is 0 Å². The van der Waals surface area contributed by atoms with Crippen LogP contribution < -0.4 is 5.32 Å². The molecule has 1 saturated carbocycles. The van der Waals surface area contributed by atoms with Gasteiger partial charge in [0.15, 0.2) is 0 Å². The summed E-state index contributed by atoms with van der Waals surface area (Å²) in [4.78, 5) is 12.0. The summed E-state index contributed by atoms with van der Waals surface area (Å²) in [6, 6.07) is -0.0119. The Morgan fingerprint density at radius 2 is 1.89 bits per heavy atom. The summed E-state index contributed by atoms with van der Waals surface area (Å²) in [6.07, 6.45) is 3.41. The fourth-order valence-electron chi connectivity index (χ4n) is 2.92. The maximum absolute atomic E-state index is 12.6. The zero-order valence-electron chi connectivity index (χ0n) is 10.8. The van der Waals surface area contributed by atoms with E-state index >= 15 is 0 Å². The van der Waals surface area contributed by atoms with Crippen molar-refractivity contribution in [3.8, 4) is 0 Å². The van der Waals surface area contributed by atoms with Crippen molar-refractivity contribution in [3.05, 3.63) is 0 Å². The van der Waals surface area contributed by atoms with Crippen LogP contribution in [0.2, 0.25) is 0 Å². The summed E-state index contributed by atoms with van der Waals surface area (Å²) in [5.41, 5.74) is 0. The molecule has 2 aliphatic rings. The van der Waals surface area contributed by atoms with Gasteiger partial charge >= 0.3 is 10.2 Å². The molecule has 0 radical (unpaired) electrons. The predicted molar refractivity (Wildman–Crippen MR) is 67.7 cm³/mol. The van der Waals surface area contributed by atoms with E-state index in [4.69, 9.17) is 4.74 Å². The van der Waals surface area contributed by atoms with Crippen molar-refractivity contribution in [2.75, 3.05) is 19.0 Å². The van der Waals surface area contributed by atoms with E-state index < -0.39 is 16.0 Å². The number of nitrogens with one attached hydrogen (secondary N) is 1. The highest BCUT2D eigenvalue weighted by Gasteiger charge is 2.31. The minimum atomic E-state index is -4.41. The van der Waals surface area contributed by atoms with Crippen molar-refractivity contribution in [1.29, 1.82) is 0 Å². The second kappa shape index (κ2) is 6.17. The van der Waals surface area contributed by atoms with Crippen LogP contribution in [0.3, 0.4) is 0 Å². The molecule has 2 fully saturated rings. The van der Waals surface area contributed by atoms with E-state index in [0.29, 0.717) is 26.1 Å². The fourth-order valence-corrected chi connectivity index (χ4v) is 3.78. The molecule has 7 heteroatoms. The van der Waals surface area contributed by atoms with Gasteiger partial charge in [-0.2, -0.15) is 8.42 Å². The van der Waals surface area contributed by atoms with E-state index in [9.17, 15) is 17.1 Å². The number of hydrogen-bond donors (Lipinski definition) is 1. The summed E-state index contributed by atoms with van der Waals surface area (Å²) >= 11 is 0. The van der Waals surface area contributed by atoms with Gasteiger partial charge in [0.05, 0.1) is 5.75 Å². The molecule has 1 N–H and O–H groups in total. The summed E-state index contributed by atoms with van der Waals surface area (Å²) < 4.78 is 39.0. The average molecular weight is 293 g/mol. The van der Waals surface area contributed by atoms with Gasteiger partial charge in [0.2, 0.25) is 5.91 Å². The lowest BCUT2D eigenvalue weighted by Crippen LogP contribution is -2.39. The molecule has 0 aromatic rings. The van der Waals surface area contributed by atoms with E-state index in [0.717, 1.165) is 19.3 Å². The van der Waals surface area contributed by atoms with E-state index in [1.54, 1.807) is 0 Å². The van der Waals surface area contributed by atoms with Crippen molar-refractivity contribution >= 4 is 16.1 Å². The highest BCUT2D eigenvalue weighted by molar-refractivity contribution is 7.86. The van der Waals surface area contributed by atoms with Crippen molar-refractivity contribution in [2.24, 2.45) is 11.8 Å². The molecule has 1 amide bonds. The number of halogens is 1. The van der Waals surface area contributed by atoms with Crippen LogP contribution in [0.5, 0.6) is 0 Å². The van der Waals surface area contributed by atoms with Gasteiger partial charge in [-0.25, -0.2) is 0 Å². The Kier molecular flexibility index (Phi) is 4.78. The van der Waals surface area contributed by atoms with Gasteiger partial charge in [0, 0.05) is 25.2 Å². The third kappa shape index (κ3) is 4.72. The van der Waals surface area contributed by atoms with Crippen LogP contribution in [-0.2, 0) is 19.8 Å². The predicted octanol–water partition coefficient (Wildman–Crippen LogP) is 0.997. The topological polar surface area (TPSA) is 72.5 Å². The minimum Gasteiger partial charge on any atom is -0.381 e. The lowest BCUT2D eigenvalue weighted by atomic mass is 9.99. The van der Waals surface area contributed by atoms with E-state index in [-0.39, 0.29) is 23.8 Å². The van der Waals surface area contributed by atoms with E-state index in [1.807, 2.05) is 0 Å². The molecular weight excluding hydrogens is 273 g/mol. The molecule has 0 unspecified atom stereocenters. The quantitative estimate of drug-likeness (QED) is 0.785. The van der Waals surface area contributed by atoms with Crippen LogP contribution >= 0.6 is 0 Å². The average Bonchev–Trinajstić information content (AvgIpc) is 2.75. The van der Waals surface area contributed by atoms with Gasteiger partial charge < -0.3 is 10.1 Å². The number of rotatable bonds is 4. The molecule has 1 heterocycles. The Morgan fingerprint density at radius 1 is 1.21 bits per heavy atom. The van der Waals surface area contributed by atoms with Crippen LogP contribution in [0.1, 0.15) is 32.1 Å². The Labute approximate surface area is 113 Å². The summed E-state index contributed by atoms with van der Waals surface area (Å²) in [6.45, 7) is 1.23. The number of carbonyl (C=O) groups is 1. The molecule has 2 atom stereocenters. The molecule has 1 saturated heterocycles. The SMILES string of the molecule is O=C(N[C@H]1CC[C@@H](CS(=O)(=O)F)C1)C1CCOCC1. The largest absolute Gasteiger partial charge is 0.381 e. The second-order valence-corrected chi connectivity index (χ2v) is 6.89. The molecule has 0 bridgehead atoms. The molecule has 1 aliphatic carbocycles. The van der Waals surface area contributed by atoms with Gasteiger partial charge in [-0.05, 0) is 38.0 Å². The highest BCUT2D eigenvalue weighted by atomic mass is 32.3. The van der Waals surface area contributed by atoms with Crippen LogP contribution in [0.25, 0.3) is 0 Å². The first-order valence-electron chi connectivity index (χ1n) is 6.74. The lowest BCUT2D eigenvalue weighted by Gasteiger charge is -2.23. The standard InChI is InChI=1S/C12H20FNO4S/c13-19(16,17)8-9-1-2-11(7-9)14-12(15)10-3-5-18-6-4-10/h9-11H,1-8H2,(H,14,15)/t9-,11+/m1/s1. The Hall–Kier alpha value is -0.690. The van der Waals surface area contributed by atoms with Crippen molar-refractivity contribution in [3.63, 3.8) is 0 Å². The molecule has 19 heavy (non-hydrogen) atoms. The lowest BCUT2D eigenvalue weighted by molar-refractivity contribution is -0.128. The molecular formula is C12H20FNO4S. The summed E-state index contributed by atoms with van der Waals surface area (Å²) in [5.74, 6) is -0.568. The fraction of sp³-hybridized carbons (Fsp3) is 0.917. The van der Waals surface area contributed by atoms with Gasteiger partial charge in [0.25, 0.3) is 0 Å². The van der Waals surface area contributed by atoms with Gasteiger partial charge in [0.1, 0.15) is 0 Å². The normalized spacial score (nSPS) is 29.3. The maximum Gasteiger partial charge on any atom is 0.302 e. The van der Waals surface area contributed by atoms with Crippen molar-refractivity contribution in [1.82, 2.24) is 5.32 Å². The van der Waals surface area contributed by atoms with Crippen molar-refractivity contribution < 1.29 is 21.8 Å². The monoisotopic (exact) mass is 293 g/mol. The second-order valence-electron chi connectivity index (χ2n) is 5.48. The molecule has 0 aromatic carbocycles. The Morgan fingerprint density at radius 3 is 2.53 bits per heavy atom. The first-order valence-corrected chi connectivity index (χ1v) is 8.30. The molecule has 5 nitrogen and oxygen atoms in total. The first kappa shape index (κ1) is 14.7. The van der Waals surface area contributed by atoms with Crippen molar-refractivity contribution in [2.45, 2.75) is 38.1 Å². The zero-order valence-corrected chi connectivity index (χ0v) is 11.6. The molecule has 110 valence electrons. The number of hydrogen-bond acceptors (Lipinski definition) is 4. The molecule has 1 aliphatic heterocycles. The highest BCUT2D eigenvalue weighted by Crippen LogP contribution is 2.28. The first-order chi connectivity index (χ1) is 8.94. The third-order valence-electron chi connectivity index (χ3n) is 3.91. The Balaban J connectivity index is 1.76. The number of amides is 1. The summed E-state index contributed by atoms with van der Waals surface area (Å²) in [5, 5.41) is 2.95. The summed E-state index contributed by atoms with van der Waals surface area (Å²) in [7, 11) is -4.41. The Bertz CT molecular complexity index is 419. The molecule has 2 rings (SSSR count). The van der Waals surface area contributed by atoms with E-state index in [2.05, 4.69) is 5.32 Å². The number of carbonyl (C=O) groups excluding carboxylic acids is 1. The number of ether oxygens (including phenoxy) is 1. The molecule has 0 aromatic heterocycles. The van der Waals surface area contributed by atoms with Crippen LogP contribution in [0, 0.1) is 11.8 Å². The molecule has 0 spiro atoms. The van der Waals surface area contributed by atoms with Crippen LogP contribution in [0.15, 0.2) is 0 Å².